The van der Waals surface area contributed by atoms with Crippen LogP contribution in [0.15, 0.2) is 23.1 Å². The van der Waals surface area contributed by atoms with E-state index in [1.54, 1.807) is 0 Å². The molecule has 114 valence electrons. The summed E-state index contributed by atoms with van der Waals surface area (Å²) in [5.41, 5.74) is 5.81. The van der Waals surface area contributed by atoms with E-state index in [0.29, 0.717) is 10.9 Å². The first-order valence-electron chi connectivity index (χ1n) is 6.18. The third-order valence-corrected chi connectivity index (χ3v) is 5.16. The fourth-order valence-electron chi connectivity index (χ4n) is 1.64. The van der Waals surface area contributed by atoms with Gasteiger partial charge in [-0.15, -0.1) is 10.2 Å². The maximum atomic E-state index is 12.3. The second-order valence-corrected chi connectivity index (χ2v) is 8.04. The van der Waals surface area contributed by atoms with E-state index in [9.17, 15) is 8.42 Å². The molecule has 6 nitrogen and oxygen atoms in total. The van der Waals surface area contributed by atoms with Gasteiger partial charge in [0.05, 0.1) is 5.69 Å². The molecule has 2 aromatic rings. The summed E-state index contributed by atoms with van der Waals surface area (Å²) >= 11 is 7.02. The third-order valence-electron chi connectivity index (χ3n) is 2.54. The summed E-state index contributed by atoms with van der Waals surface area (Å²) in [6, 6.07) is 4.28. The van der Waals surface area contributed by atoms with Crippen LogP contribution in [0.5, 0.6) is 0 Å². The van der Waals surface area contributed by atoms with Crippen LogP contribution in [-0.2, 0) is 16.4 Å². The van der Waals surface area contributed by atoms with Gasteiger partial charge < -0.3 is 5.73 Å². The van der Waals surface area contributed by atoms with Gasteiger partial charge in [-0.2, -0.15) is 0 Å². The van der Waals surface area contributed by atoms with Crippen molar-refractivity contribution < 1.29 is 8.42 Å². The lowest BCUT2D eigenvalue weighted by atomic mass is 10.1. The van der Waals surface area contributed by atoms with Gasteiger partial charge >= 0.3 is 0 Å². The highest BCUT2D eigenvalue weighted by atomic mass is 35.5. The number of benzene rings is 1. The number of sulfonamides is 1. The first-order chi connectivity index (χ1) is 9.78. The Hall–Kier alpha value is -1.38. The summed E-state index contributed by atoms with van der Waals surface area (Å²) in [5.74, 6) is 0.422. The van der Waals surface area contributed by atoms with Crippen LogP contribution in [-0.4, -0.2) is 18.6 Å². The summed E-state index contributed by atoms with van der Waals surface area (Å²) in [7, 11) is -3.83. The van der Waals surface area contributed by atoms with E-state index in [2.05, 4.69) is 28.8 Å². The summed E-state index contributed by atoms with van der Waals surface area (Å²) < 4.78 is 27.0. The molecule has 9 heteroatoms. The predicted molar refractivity (Wildman–Crippen MR) is 85.1 cm³/mol. The second-order valence-electron chi connectivity index (χ2n) is 4.89. The van der Waals surface area contributed by atoms with E-state index in [-0.39, 0.29) is 15.7 Å². The van der Waals surface area contributed by atoms with Crippen LogP contribution in [0.3, 0.4) is 0 Å². The van der Waals surface area contributed by atoms with Crippen molar-refractivity contribution >= 4 is 43.8 Å². The van der Waals surface area contributed by atoms with Crippen LogP contribution in [0, 0.1) is 5.92 Å². The van der Waals surface area contributed by atoms with Gasteiger partial charge in [0.1, 0.15) is 9.90 Å². The molecule has 1 heterocycles. The van der Waals surface area contributed by atoms with Crippen LogP contribution in [0.25, 0.3) is 0 Å². The van der Waals surface area contributed by atoms with Crippen molar-refractivity contribution in [3.8, 4) is 0 Å². The van der Waals surface area contributed by atoms with Crippen molar-refractivity contribution in [2.75, 3.05) is 10.5 Å². The van der Waals surface area contributed by atoms with E-state index in [1.807, 2.05) is 0 Å². The summed E-state index contributed by atoms with van der Waals surface area (Å²) in [5, 5.41) is 9.08. The molecule has 1 aromatic carbocycles. The van der Waals surface area contributed by atoms with Gasteiger partial charge in [-0.3, -0.25) is 4.72 Å². The van der Waals surface area contributed by atoms with Crippen LogP contribution in [0.2, 0.25) is 5.02 Å². The van der Waals surface area contributed by atoms with Crippen LogP contribution >= 0.6 is 22.9 Å². The average molecular weight is 347 g/mol. The smallest absolute Gasteiger partial charge is 0.265 e. The van der Waals surface area contributed by atoms with E-state index in [0.717, 1.165) is 11.4 Å². The van der Waals surface area contributed by atoms with Crippen molar-refractivity contribution in [3.05, 3.63) is 28.2 Å². The molecule has 1 aromatic heterocycles. The fourth-order valence-corrected chi connectivity index (χ4v) is 4.21. The zero-order chi connectivity index (χ0) is 15.6. The molecule has 0 spiro atoms. The molecule has 0 bridgehead atoms. The number of hydrogen-bond donors (Lipinski definition) is 2. The Morgan fingerprint density at radius 2 is 2.10 bits per heavy atom. The van der Waals surface area contributed by atoms with Crippen LogP contribution < -0.4 is 10.5 Å². The first-order valence-corrected chi connectivity index (χ1v) is 8.86. The van der Waals surface area contributed by atoms with Gasteiger partial charge in [0, 0.05) is 11.4 Å². The monoisotopic (exact) mass is 346 g/mol. The van der Waals surface area contributed by atoms with Gasteiger partial charge in [0.25, 0.3) is 10.0 Å². The largest absolute Gasteiger partial charge is 0.398 e. The Bertz CT molecular complexity index is 743. The minimum atomic E-state index is -3.83. The molecule has 0 saturated carbocycles. The Morgan fingerprint density at radius 3 is 2.76 bits per heavy atom. The Balaban J connectivity index is 2.25. The zero-order valence-corrected chi connectivity index (χ0v) is 13.9. The van der Waals surface area contributed by atoms with Crippen LogP contribution in [0.4, 0.5) is 10.8 Å². The molecular weight excluding hydrogens is 332 g/mol. The summed E-state index contributed by atoms with van der Waals surface area (Å²) in [6.07, 6.45) is 0.749. The molecule has 0 aliphatic rings. The number of nitrogens with two attached hydrogens (primary N) is 1. The molecule has 0 atom stereocenters. The molecule has 0 aliphatic heterocycles. The number of halogens is 1. The van der Waals surface area contributed by atoms with Crippen molar-refractivity contribution in [1.82, 2.24) is 10.2 Å². The minimum Gasteiger partial charge on any atom is -0.398 e. The van der Waals surface area contributed by atoms with Crippen molar-refractivity contribution in [1.29, 1.82) is 0 Å². The molecule has 2 rings (SSSR count). The molecule has 0 unspecified atom stereocenters. The first kappa shape index (κ1) is 16.0. The quantitative estimate of drug-likeness (QED) is 0.811. The molecule has 0 radical (unpaired) electrons. The lowest BCUT2D eigenvalue weighted by molar-refractivity contribution is 0.601. The molecule has 0 aliphatic carbocycles. The zero-order valence-electron chi connectivity index (χ0n) is 11.5. The summed E-state index contributed by atoms with van der Waals surface area (Å²) in [6.45, 7) is 4.11. The van der Waals surface area contributed by atoms with E-state index in [1.165, 1.54) is 29.5 Å². The normalized spacial score (nSPS) is 11.8. The number of nitrogen functional groups attached to an aromatic ring is 1. The number of nitrogens with one attached hydrogen (secondary N) is 1. The van der Waals surface area contributed by atoms with Gasteiger partial charge in [-0.25, -0.2) is 8.42 Å². The van der Waals surface area contributed by atoms with E-state index < -0.39 is 10.0 Å². The molecule has 0 fully saturated rings. The lowest BCUT2D eigenvalue weighted by Gasteiger charge is -2.07. The number of hydrogen-bond acceptors (Lipinski definition) is 6. The lowest BCUT2D eigenvalue weighted by Crippen LogP contribution is -2.14. The van der Waals surface area contributed by atoms with E-state index >= 15 is 0 Å². The van der Waals surface area contributed by atoms with Gasteiger partial charge in [-0.05, 0) is 24.1 Å². The SMILES string of the molecule is CC(C)Cc1nnc(NS(=O)(=O)c2cc(Cl)ccc2N)s1. The van der Waals surface area contributed by atoms with Gasteiger partial charge in [-0.1, -0.05) is 36.8 Å². The van der Waals surface area contributed by atoms with Gasteiger partial charge in [0.15, 0.2) is 0 Å². The highest BCUT2D eigenvalue weighted by molar-refractivity contribution is 7.93. The number of anilines is 2. The molecule has 0 amide bonds. The maximum Gasteiger partial charge on any atom is 0.265 e. The minimum absolute atomic E-state index is 0.0735. The second kappa shape index (κ2) is 6.17. The Kier molecular flexibility index (Phi) is 4.70. The van der Waals surface area contributed by atoms with Crippen LogP contribution in [0.1, 0.15) is 18.9 Å². The van der Waals surface area contributed by atoms with Crippen molar-refractivity contribution in [2.24, 2.45) is 5.92 Å². The Labute approximate surface area is 132 Å². The summed E-state index contributed by atoms with van der Waals surface area (Å²) in [4.78, 5) is -0.0735. The number of aromatic nitrogens is 2. The highest BCUT2D eigenvalue weighted by Crippen LogP contribution is 2.26. The average Bonchev–Trinajstić information content (AvgIpc) is 2.77. The topological polar surface area (TPSA) is 98.0 Å². The Morgan fingerprint density at radius 1 is 1.38 bits per heavy atom. The van der Waals surface area contributed by atoms with Crippen molar-refractivity contribution in [2.45, 2.75) is 25.2 Å². The fraction of sp³-hybridized carbons (Fsp3) is 0.333. The molecular formula is C12H15ClN4O2S2. The maximum absolute atomic E-state index is 12.3. The number of nitrogens with zero attached hydrogens (tertiary/aromatic N) is 2. The molecule has 21 heavy (non-hydrogen) atoms. The standard InChI is InChI=1S/C12H15ClN4O2S2/c1-7(2)5-11-15-16-12(20-11)17-21(18,19)10-6-8(13)3-4-9(10)14/h3-4,6-7H,5,14H2,1-2H3,(H,16,17). The van der Waals surface area contributed by atoms with E-state index in [4.69, 9.17) is 17.3 Å². The molecule has 0 saturated heterocycles. The van der Waals surface area contributed by atoms with Crippen molar-refractivity contribution in [3.63, 3.8) is 0 Å². The molecule has 3 N–H and O–H groups in total. The third kappa shape index (κ3) is 4.05. The number of rotatable bonds is 5. The van der Waals surface area contributed by atoms with Gasteiger partial charge in [0.2, 0.25) is 5.13 Å². The highest BCUT2D eigenvalue weighted by Gasteiger charge is 2.20. The predicted octanol–water partition coefficient (Wildman–Crippen LogP) is 2.77.